The third-order valence-electron chi connectivity index (χ3n) is 5.42. The van der Waals surface area contributed by atoms with Crippen LogP contribution in [0.2, 0.25) is 31.2 Å². The Bertz CT molecular complexity index is 348. The lowest BCUT2D eigenvalue weighted by Gasteiger charge is -2.51. The van der Waals surface area contributed by atoms with Crippen molar-refractivity contribution in [3.05, 3.63) is 24.9 Å². The monoisotopic (exact) mass is 313 g/mol. The first-order chi connectivity index (χ1) is 9.01. The number of nitrogens with two attached hydrogens (primary N) is 1. The highest BCUT2D eigenvalue weighted by atomic mass is 28.4. The predicted molar refractivity (Wildman–Crippen MR) is 96.9 cm³/mol. The molecule has 2 nitrogen and oxygen atoms in total. The molecule has 0 saturated heterocycles. The van der Waals surface area contributed by atoms with Gasteiger partial charge in [0.15, 0.2) is 8.32 Å². The molecular formula is C16H35NOSi2. The zero-order chi connectivity index (χ0) is 16.2. The summed E-state index contributed by atoms with van der Waals surface area (Å²) in [6.07, 6.45) is 5.05. The fourth-order valence-electron chi connectivity index (χ4n) is 3.02. The smallest absolute Gasteiger partial charge is 0.198 e. The Morgan fingerprint density at radius 3 is 1.70 bits per heavy atom. The van der Waals surface area contributed by atoms with Gasteiger partial charge in [0.1, 0.15) is 8.07 Å². The van der Waals surface area contributed by atoms with E-state index in [9.17, 15) is 0 Å². The van der Waals surface area contributed by atoms with Crippen molar-refractivity contribution in [2.75, 3.05) is 0 Å². The largest absolute Gasteiger partial charge is 0.402 e. The average molecular weight is 314 g/mol. The summed E-state index contributed by atoms with van der Waals surface area (Å²) < 4.78 is 6.70. The lowest BCUT2D eigenvalue weighted by molar-refractivity contribution is 0.127. The van der Waals surface area contributed by atoms with E-state index < -0.39 is 21.7 Å². The van der Waals surface area contributed by atoms with E-state index >= 15 is 0 Å². The number of hydrogen-bond acceptors (Lipinski definition) is 2. The Morgan fingerprint density at radius 1 is 1.00 bits per heavy atom. The predicted octanol–water partition coefficient (Wildman–Crippen LogP) is 4.99. The summed E-state index contributed by atoms with van der Waals surface area (Å²) in [5, 5.41) is -0.457. The standard InChI is InChI=1S/C16H35NOSi2/c1-10-15(11-2,12-3)20(8,9)18-16(17,13-4)19(6,7)14-5/h10,14H,1,5,11-13,17H2,2-4,6-9H3. The van der Waals surface area contributed by atoms with E-state index in [-0.39, 0.29) is 5.04 Å². The summed E-state index contributed by atoms with van der Waals surface area (Å²) in [6, 6.07) is 0. The zero-order valence-electron chi connectivity index (χ0n) is 14.7. The second-order valence-electron chi connectivity index (χ2n) is 6.85. The first-order valence-corrected chi connectivity index (χ1v) is 13.8. The lowest BCUT2D eigenvalue weighted by atomic mass is 10.0. The fourth-order valence-corrected chi connectivity index (χ4v) is 9.55. The highest BCUT2D eigenvalue weighted by Crippen LogP contribution is 2.48. The Hall–Kier alpha value is -0.166. The summed E-state index contributed by atoms with van der Waals surface area (Å²) in [5.41, 5.74) is 8.75. The van der Waals surface area contributed by atoms with Crippen LogP contribution in [-0.4, -0.2) is 21.7 Å². The van der Waals surface area contributed by atoms with Crippen molar-refractivity contribution < 1.29 is 4.43 Å². The van der Waals surface area contributed by atoms with Gasteiger partial charge in [0, 0.05) is 5.04 Å². The second kappa shape index (κ2) is 6.73. The molecule has 118 valence electrons. The van der Waals surface area contributed by atoms with Crippen LogP contribution in [-0.2, 0) is 4.43 Å². The average Bonchev–Trinajstić information content (AvgIpc) is 2.40. The van der Waals surface area contributed by atoms with Crippen LogP contribution in [0.4, 0.5) is 0 Å². The van der Waals surface area contributed by atoms with Crippen LogP contribution in [0, 0.1) is 0 Å². The summed E-state index contributed by atoms with van der Waals surface area (Å²) in [7, 11) is -3.86. The van der Waals surface area contributed by atoms with Gasteiger partial charge in [0.2, 0.25) is 0 Å². The SMILES string of the molecule is C=CC(CC)(CC)[Si](C)(C)OC(N)(CC)[Si](C)(C)C=C. The zero-order valence-corrected chi connectivity index (χ0v) is 16.7. The number of allylic oxidation sites excluding steroid dienone is 1. The van der Waals surface area contributed by atoms with Gasteiger partial charge in [0.05, 0.1) is 5.35 Å². The van der Waals surface area contributed by atoms with E-state index in [1.54, 1.807) is 0 Å². The van der Waals surface area contributed by atoms with Crippen LogP contribution in [0.3, 0.4) is 0 Å². The highest BCUT2D eigenvalue weighted by molar-refractivity contribution is 6.86. The third kappa shape index (κ3) is 3.35. The molecule has 0 spiro atoms. The Balaban J connectivity index is 5.64. The van der Waals surface area contributed by atoms with Crippen molar-refractivity contribution in [3.8, 4) is 0 Å². The van der Waals surface area contributed by atoms with Crippen molar-refractivity contribution in [3.63, 3.8) is 0 Å². The van der Waals surface area contributed by atoms with Gasteiger partial charge in [-0.2, -0.15) is 0 Å². The molecule has 2 N–H and O–H groups in total. The molecule has 1 atom stereocenters. The molecule has 0 aliphatic heterocycles. The van der Waals surface area contributed by atoms with Gasteiger partial charge in [0.25, 0.3) is 0 Å². The minimum Gasteiger partial charge on any atom is -0.402 e. The molecule has 0 aliphatic carbocycles. The van der Waals surface area contributed by atoms with Crippen LogP contribution < -0.4 is 5.73 Å². The Kier molecular flexibility index (Phi) is 6.67. The molecule has 4 heteroatoms. The van der Waals surface area contributed by atoms with Gasteiger partial charge in [-0.15, -0.1) is 13.2 Å². The number of hydrogen-bond donors (Lipinski definition) is 1. The van der Waals surface area contributed by atoms with Gasteiger partial charge in [-0.05, 0) is 32.4 Å². The maximum Gasteiger partial charge on any atom is 0.198 e. The first-order valence-electron chi connectivity index (χ1n) is 7.77. The van der Waals surface area contributed by atoms with Gasteiger partial charge >= 0.3 is 0 Å². The van der Waals surface area contributed by atoms with Crippen LogP contribution in [0.25, 0.3) is 0 Å². The molecule has 1 unspecified atom stereocenters. The molecule has 0 aliphatic rings. The van der Waals surface area contributed by atoms with Crippen molar-refractivity contribution in [2.45, 2.75) is 76.6 Å². The molecular weight excluding hydrogens is 278 g/mol. The molecule has 0 aromatic heterocycles. The molecule has 0 aromatic carbocycles. The maximum absolute atomic E-state index is 6.70. The third-order valence-corrected chi connectivity index (χ3v) is 13.5. The molecule has 0 heterocycles. The quantitative estimate of drug-likeness (QED) is 0.369. The summed E-state index contributed by atoms with van der Waals surface area (Å²) >= 11 is 0. The van der Waals surface area contributed by atoms with E-state index in [0.29, 0.717) is 0 Å². The first kappa shape index (κ1) is 19.8. The molecule has 0 rings (SSSR count). The topological polar surface area (TPSA) is 35.2 Å². The number of rotatable bonds is 9. The van der Waals surface area contributed by atoms with Gasteiger partial charge in [-0.25, -0.2) is 0 Å². The van der Waals surface area contributed by atoms with Crippen LogP contribution >= 0.6 is 0 Å². The minimum absolute atomic E-state index is 0.0818. The minimum atomic E-state index is -2.02. The normalized spacial score (nSPS) is 16.6. The lowest BCUT2D eigenvalue weighted by Crippen LogP contribution is -2.67. The molecule has 0 aromatic rings. The van der Waals surface area contributed by atoms with E-state index in [2.05, 4.69) is 71.9 Å². The van der Waals surface area contributed by atoms with Crippen molar-refractivity contribution in [2.24, 2.45) is 5.73 Å². The van der Waals surface area contributed by atoms with Crippen molar-refractivity contribution in [1.82, 2.24) is 0 Å². The van der Waals surface area contributed by atoms with Gasteiger partial charge in [-0.3, -0.25) is 0 Å². The van der Waals surface area contributed by atoms with Crippen molar-refractivity contribution in [1.29, 1.82) is 0 Å². The fraction of sp³-hybridized carbons (Fsp3) is 0.750. The molecule has 0 saturated carbocycles. The van der Waals surface area contributed by atoms with Gasteiger partial charge in [-0.1, -0.05) is 45.6 Å². The summed E-state index contributed by atoms with van der Waals surface area (Å²) in [6.45, 7) is 23.7. The molecule has 0 radical (unpaired) electrons. The van der Waals surface area contributed by atoms with E-state index in [1.165, 1.54) is 0 Å². The van der Waals surface area contributed by atoms with E-state index in [1.807, 2.05) is 0 Å². The highest BCUT2D eigenvalue weighted by Gasteiger charge is 2.51. The summed E-state index contributed by atoms with van der Waals surface area (Å²) in [5.74, 6) is 0. The van der Waals surface area contributed by atoms with E-state index in [4.69, 9.17) is 10.2 Å². The molecule has 0 amide bonds. The van der Waals surface area contributed by atoms with Crippen LogP contribution in [0.1, 0.15) is 40.0 Å². The second-order valence-corrected chi connectivity index (χ2v) is 15.8. The molecule has 0 fully saturated rings. The van der Waals surface area contributed by atoms with E-state index in [0.717, 1.165) is 19.3 Å². The molecule has 20 heavy (non-hydrogen) atoms. The van der Waals surface area contributed by atoms with Gasteiger partial charge < -0.3 is 10.2 Å². The van der Waals surface area contributed by atoms with Crippen molar-refractivity contribution >= 4 is 16.4 Å². The Labute approximate surface area is 128 Å². The maximum atomic E-state index is 6.70. The molecule has 0 bridgehead atoms. The summed E-state index contributed by atoms with van der Waals surface area (Å²) in [4.78, 5) is 0. The van der Waals surface area contributed by atoms with Crippen LogP contribution in [0.15, 0.2) is 24.9 Å². The Morgan fingerprint density at radius 2 is 1.45 bits per heavy atom. The van der Waals surface area contributed by atoms with Crippen LogP contribution in [0.5, 0.6) is 0 Å².